The first-order valence-electron chi connectivity index (χ1n) is 10.8. The summed E-state index contributed by atoms with van der Waals surface area (Å²) >= 11 is 6.85. The zero-order valence-electron chi connectivity index (χ0n) is 18.8. The molecule has 1 aliphatic heterocycles. The smallest absolute Gasteiger partial charge is 0.324 e. The Bertz CT molecular complexity index is 1130. The van der Waals surface area contributed by atoms with Crippen molar-refractivity contribution in [2.45, 2.75) is 20.3 Å². The molecule has 0 aliphatic carbocycles. The van der Waals surface area contributed by atoms with Crippen molar-refractivity contribution in [2.24, 2.45) is 0 Å². The molecule has 0 spiro atoms. The Labute approximate surface area is 198 Å². The minimum absolute atomic E-state index is 0.228. The average molecular weight is 464 g/mol. The Morgan fingerprint density at radius 3 is 2.48 bits per heavy atom. The molecule has 0 saturated carbocycles. The van der Waals surface area contributed by atoms with Gasteiger partial charge in [-0.25, -0.2) is 4.98 Å². The molecule has 1 fully saturated rings. The van der Waals surface area contributed by atoms with Crippen molar-refractivity contribution < 1.29 is 4.74 Å². The highest BCUT2D eigenvalue weighted by molar-refractivity contribution is 6.50. The third kappa shape index (κ3) is 5.12. The fourth-order valence-electron chi connectivity index (χ4n) is 3.56. The number of hydrogen-bond donors (Lipinski definition) is 0. The van der Waals surface area contributed by atoms with Gasteiger partial charge in [0.05, 0.1) is 28.7 Å². The molecule has 4 heterocycles. The monoisotopic (exact) mass is 463 g/mol. The maximum absolute atomic E-state index is 6.85. The molecule has 9 heteroatoms. The Kier molecular flexibility index (Phi) is 7.14. The Balaban J connectivity index is 1.71. The summed E-state index contributed by atoms with van der Waals surface area (Å²) in [5, 5.41) is 0.645. The van der Waals surface area contributed by atoms with Gasteiger partial charge in [0, 0.05) is 44.8 Å². The largest absolute Gasteiger partial charge is 0.423 e. The van der Waals surface area contributed by atoms with Crippen LogP contribution in [0.3, 0.4) is 0 Å². The van der Waals surface area contributed by atoms with Crippen LogP contribution in [0.1, 0.15) is 31.5 Å². The molecule has 170 valence electrons. The summed E-state index contributed by atoms with van der Waals surface area (Å²) in [6.45, 7) is 11.1. The first-order chi connectivity index (χ1) is 16.1. The van der Waals surface area contributed by atoms with Gasteiger partial charge in [-0.2, -0.15) is 9.97 Å². The van der Waals surface area contributed by atoms with E-state index in [1.807, 2.05) is 13.0 Å². The molecule has 0 atom stereocenters. The number of anilines is 2. The van der Waals surface area contributed by atoms with Crippen LogP contribution < -0.4 is 14.5 Å². The number of nitrogens with zero attached hydrogens (tertiary/aromatic N) is 7. The van der Waals surface area contributed by atoms with E-state index in [1.54, 1.807) is 43.1 Å². The predicted molar refractivity (Wildman–Crippen MR) is 132 cm³/mol. The van der Waals surface area contributed by atoms with Crippen molar-refractivity contribution in [1.29, 1.82) is 0 Å². The molecule has 0 bridgehead atoms. The van der Waals surface area contributed by atoms with E-state index in [0.29, 0.717) is 16.5 Å². The van der Waals surface area contributed by atoms with Gasteiger partial charge < -0.3 is 14.5 Å². The number of piperazine rings is 1. The fourth-order valence-corrected chi connectivity index (χ4v) is 3.88. The zero-order chi connectivity index (χ0) is 23.2. The molecule has 4 rings (SSSR count). The standard InChI is InChI=1S/C24H26ClN7O/c1-4-17(3)22(25)21-19(5-2)29-24(33-18-7-6-8-26-15-18)30-23(21)32-13-11-31(12-14-32)20-16-27-9-10-28-20/h5-10,15-16H,2,4,11-14H2,1,3H3. The first kappa shape index (κ1) is 22.7. The number of rotatable bonds is 7. The summed E-state index contributed by atoms with van der Waals surface area (Å²) in [6, 6.07) is 3.84. The summed E-state index contributed by atoms with van der Waals surface area (Å²) in [5.74, 6) is 2.16. The van der Waals surface area contributed by atoms with Crippen LogP contribution in [-0.4, -0.2) is 51.1 Å². The van der Waals surface area contributed by atoms with Crippen LogP contribution in [0.15, 0.2) is 55.3 Å². The SMILES string of the molecule is C=Cc1nc(Oc2cccnc2)nc(N2CCN(c3cnccn3)CC2)c1C(Cl)=C(C)CC. The zero-order valence-corrected chi connectivity index (χ0v) is 19.5. The molecule has 0 amide bonds. The third-order valence-electron chi connectivity index (χ3n) is 5.51. The third-order valence-corrected chi connectivity index (χ3v) is 6.02. The highest BCUT2D eigenvalue weighted by Crippen LogP contribution is 2.36. The van der Waals surface area contributed by atoms with Crippen molar-refractivity contribution in [3.05, 3.63) is 66.5 Å². The maximum atomic E-state index is 6.85. The van der Waals surface area contributed by atoms with Crippen molar-refractivity contribution in [2.75, 3.05) is 36.0 Å². The van der Waals surface area contributed by atoms with E-state index in [-0.39, 0.29) is 6.01 Å². The number of allylic oxidation sites excluding steroid dienone is 1. The minimum Gasteiger partial charge on any atom is -0.423 e. The van der Waals surface area contributed by atoms with E-state index >= 15 is 0 Å². The van der Waals surface area contributed by atoms with Gasteiger partial charge in [0.2, 0.25) is 0 Å². The first-order valence-corrected chi connectivity index (χ1v) is 11.2. The normalized spacial score (nSPS) is 14.6. The van der Waals surface area contributed by atoms with Crippen LogP contribution in [0.5, 0.6) is 11.8 Å². The van der Waals surface area contributed by atoms with Crippen molar-refractivity contribution >= 4 is 34.3 Å². The van der Waals surface area contributed by atoms with Gasteiger partial charge in [-0.1, -0.05) is 30.7 Å². The lowest BCUT2D eigenvalue weighted by molar-refractivity contribution is 0.438. The van der Waals surface area contributed by atoms with Crippen LogP contribution in [0.25, 0.3) is 11.1 Å². The van der Waals surface area contributed by atoms with Crippen molar-refractivity contribution in [1.82, 2.24) is 24.9 Å². The molecule has 1 saturated heterocycles. The van der Waals surface area contributed by atoms with Crippen molar-refractivity contribution in [3.63, 3.8) is 0 Å². The number of aromatic nitrogens is 5. The number of ether oxygens (including phenoxy) is 1. The second-order valence-electron chi connectivity index (χ2n) is 7.57. The lowest BCUT2D eigenvalue weighted by Gasteiger charge is -2.36. The van der Waals surface area contributed by atoms with E-state index in [9.17, 15) is 0 Å². The van der Waals surface area contributed by atoms with Crippen LogP contribution in [0, 0.1) is 0 Å². The number of pyridine rings is 1. The lowest BCUT2D eigenvalue weighted by atomic mass is 10.1. The molecular weight excluding hydrogens is 438 g/mol. The lowest BCUT2D eigenvalue weighted by Crippen LogP contribution is -2.47. The van der Waals surface area contributed by atoms with E-state index in [2.05, 4.69) is 43.2 Å². The van der Waals surface area contributed by atoms with E-state index in [4.69, 9.17) is 21.3 Å². The van der Waals surface area contributed by atoms with E-state index < -0.39 is 0 Å². The van der Waals surface area contributed by atoms with Gasteiger partial charge in [-0.3, -0.25) is 9.97 Å². The molecule has 0 unspecified atom stereocenters. The average Bonchev–Trinajstić information content (AvgIpc) is 2.88. The molecule has 3 aromatic rings. The molecule has 0 aromatic carbocycles. The Morgan fingerprint density at radius 2 is 1.85 bits per heavy atom. The van der Waals surface area contributed by atoms with Crippen LogP contribution in [0.2, 0.25) is 0 Å². The topological polar surface area (TPSA) is 80.2 Å². The van der Waals surface area contributed by atoms with Gasteiger partial charge in [-0.15, -0.1) is 0 Å². The Morgan fingerprint density at radius 1 is 1.09 bits per heavy atom. The van der Waals surface area contributed by atoms with Crippen LogP contribution in [-0.2, 0) is 0 Å². The number of halogens is 1. The summed E-state index contributed by atoms with van der Waals surface area (Å²) in [4.78, 5) is 26.5. The molecule has 8 nitrogen and oxygen atoms in total. The highest BCUT2D eigenvalue weighted by Gasteiger charge is 2.26. The molecule has 3 aromatic heterocycles. The van der Waals surface area contributed by atoms with Gasteiger partial charge in [-0.05, 0) is 31.6 Å². The van der Waals surface area contributed by atoms with E-state index in [0.717, 1.165) is 55.4 Å². The summed E-state index contributed by atoms with van der Waals surface area (Å²) in [7, 11) is 0. The van der Waals surface area contributed by atoms with Crippen LogP contribution >= 0.6 is 11.6 Å². The van der Waals surface area contributed by atoms with Gasteiger partial charge >= 0.3 is 6.01 Å². The fraction of sp³-hybridized carbons (Fsp3) is 0.292. The molecule has 0 N–H and O–H groups in total. The van der Waals surface area contributed by atoms with E-state index in [1.165, 1.54) is 0 Å². The maximum Gasteiger partial charge on any atom is 0.324 e. The molecule has 1 aliphatic rings. The molecule has 0 radical (unpaired) electrons. The second kappa shape index (κ2) is 10.4. The molecule has 33 heavy (non-hydrogen) atoms. The Hall–Kier alpha value is -3.52. The van der Waals surface area contributed by atoms with Gasteiger partial charge in [0.15, 0.2) is 0 Å². The highest BCUT2D eigenvalue weighted by atomic mass is 35.5. The minimum atomic E-state index is 0.228. The molecular formula is C24H26ClN7O. The number of hydrogen-bond acceptors (Lipinski definition) is 8. The van der Waals surface area contributed by atoms with Crippen molar-refractivity contribution in [3.8, 4) is 11.8 Å². The van der Waals surface area contributed by atoms with Crippen LogP contribution in [0.4, 0.5) is 11.6 Å². The summed E-state index contributed by atoms with van der Waals surface area (Å²) in [5.41, 5.74) is 2.47. The summed E-state index contributed by atoms with van der Waals surface area (Å²) < 4.78 is 5.92. The van der Waals surface area contributed by atoms with Gasteiger partial charge in [0.25, 0.3) is 0 Å². The van der Waals surface area contributed by atoms with Gasteiger partial charge in [0.1, 0.15) is 17.4 Å². The quantitative estimate of drug-likeness (QED) is 0.494. The predicted octanol–water partition coefficient (Wildman–Crippen LogP) is 4.80. The summed E-state index contributed by atoms with van der Waals surface area (Å²) in [6.07, 6.45) is 11.0. The second-order valence-corrected chi connectivity index (χ2v) is 7.95.